The molecule has 0 fully saturated rings. The molecule has 302 valence electrons. The number of hydrogen-bond acceptors (Lipinski definition) is 4. The highest BCUT2D eigenvalue weighted by molar-refractivity contribution is 6.28. The number of pyridine rings is 1. The summed E-state index contributed by atoms with van der Waals surface area (Å²) in [5.74, 6) is 0. The number of para-hydroxylation sites is 4. The van der Waals surface area contributed by atoms with Crippen LogP contribution in [0.15, 0.2) is 226 Å². The highest BCUT2D eigenvalue weighted by Gasteiger charge is 2.23. The molecular formula is C61H35NO3. The smallest absolute Gasteiger partial charge is 0.136 e. The summed E-state index contributed by atoms with van der Waals surface area (Å²) in [6, 6.07) is 75.0. The lowest BCUT2D eigenvalue weighted by molar-refractivity contribution is 0.668. The average Bonchev–Trinajstić information content (AvgIpc) is 4.07. The third-order valence-corrected chi connectivity index (χ3v) is 13.2. The van der Waals surface area contributed by atoms with Crippen LogP contribution in [-0.2, 0) is 0 Å². The van der Waals surface area contributed by atoms with E-state index in [1.807, 2.05) is 30.3 Å². The molecule has 0 unspecified atom stereocenters. The lowest BCUT2D eigenvalue weighted by atomic mass is 9.88. The van der Waals surface area contributed by atoms with Gasteiger partial charge >= 0.3 is 0 Å². The number of benzene rings is 10. The van der Waals surface area contributed by atoms with E-state index in [0.717, 1.165) is 143 Å². The summed E-state index contributed by atoms with van der Waals surface area (Å²) >= 11 is 0. The van der Waals surface area contributed by atoms with Crippen molar-refractivity contribution in [3.8, 4) is 55.8 Å². The van der Waals surface area contributed by atoms with Crippen LogP contribution in [0, 0.1) is 0 Å². The molecule has 0 aliphatic rings. The Morgan fingerprint density at radius 1 is 0.262 bits per heavy atom. The fourth-order valence-electron chi connectivity index (χ4n) is 10.4. The van der Waals surface area contributed by atoms with Crippen molar-refractivity contribution in [2.75, 3.05) is 0 Å². The van der Waals surface area contributed by atoms with Crippen molar-refractivity contribution in [1.29, 1.82) is 0 Å². The Labute approximate surface area is 372 Å². The number of furan rings is 3. The molecule has 0 saturated heterocycles. The molecule has 0 spiro atoms. The number of aromatic nitrogens is 1. The van der Waals surface area contributed by atoms with Gasteiger partial charge in [-0.2, -0.15) is 0 Å². The van der Waals surface area contributed by atoms with E-state index < -0.39 is 0 Å². The van der Waals surface area contributed by atoms with Gasteiger partial charge in [0.1, 0.15) is 33.5 Å². The van der Waals surface area contributed by atoms with Gasteiger partial charge in [0.2, 0.25) is 0 Å². The van der Waals surface area contributed by atoms with Crippen molar-refractivity contribution < 1.29 is 13.3 Å². The molecule has 4 heterocycles. The first kappa shape index (κ1) is 35.8. The van der Waals surface area contributed by atoms with E-state index in [1.54, 1.807) is 0 Å². The second kappa shape index (κ2) is 13.9. The lowest BCUT2D eigenvalue weighted by Gasteiger charge is -2.16. The Morgan fingerprint density at radius 3 is 1.35 bits per heavy atom. The zero-order valence-electron chi connectivity index (χ0n) is 34.9. The van der Waals surface area contributed by atoms with Crippen LogP contribution >= 0.6 is 0 Å². The van der Waals surface area contributed by atoms with Gasteiger partial charge in [0.05, 0.1) is 11.2 Å². The number of rotatable bonds is 5. The minimum atomic E-state index is 0.839. The second-order valence-corrected chi connectivity index (χ2v) is 16.9. The Balaban J connectivity index is 1.02. The SMILES string of the molecule is c1ccc(-c2nc3ccccc3c3c(-c4ccc(-c5cc(-c6cccc7oc8ccccc8c67)cc(-c6cccc7oc8ccccc8c67)c5)cc4)c4c(cc23)oc2ccccc24)cc1. The average molecular weight is 830 g/mol. The summed E-state index contributed by atoms with van der Waals surface area (Å²) in [7, 11) is 0. The van der Waals surface area contributed by atoms with Gasteiger partial charge in [-0.1, -0.05) is 152 Å². The predicted molar refractivity (Wildman–Crippen MR) is 268 cm³/mol. The van der Waals surface area contributed by atoms with Crippen LogP contribution in [0.3, 0.4) is 0 Å². The Bertz CT molecular complexity index is 4100. The summed E-state index contributed by atoms with van der Waals surface area (Å²) in [5.41, 5.74) is 17.1. The number of nitrogens with zero attached hydrogens (tertiary/aromatic N) is 1. The molecule has 0 amide bonds. The van der Waals surface area contributed by atoms with Gasteiger partial charge < -0.3 is 13.3 Å². The molecule has 0 aliphatic heterocycles. The highest BCUT2D eigenvalue weighted by Crippen LogP contribution is 2.48. The van der Waals surface area contributed by atoms with E-state index in [0.29, 0.717) is 0 Å². The first-order valence-electron chi connectivity index (χ1n) is 22.0. The van der Waals surface area contributed by atoms with E-state index in [4.69, 9.17) is 18.2 Å². The van der Waals surface area contributed by atoms with Crippen molar-refractivity contribution >= 4 is 87.5 Å². The monoisotopic (exact) mass is 829 g/mol. The third kappa shape index (κ3) is 5.47. The zero-order chi connectivity index (χ0) is 42.6. The maximum Gasteiger partial charge on any atom is 0.136 e. The van der Waals surface area contributed by atoms with Crippen LogP contribution in [0.2, 0.25) is 0 Å². The van der Waals surface area contributed by atoms with E-state index >= 15 is 0 Å². The molecule has 10 aromatic carbocycles. The minimum absolute atomic E-state index is 0.839. The Hall–Kier alpha value is -8.73. The van der Waals surface area contributed by atoms with Crippen LogP contribution in [0.5, 0.6) is 0 Å². The molecule has 0 saturated carbocycles. The van der Waals surface area contributed by atoms with E-state index in [-0.39, 0.29) is 0 Å². The van der Waals surface area contributed by atoms with Gasteiger partial charge in [0.15, 0.2) is 0 Å². The van der Waals surface area contributed by atoms with Gasteiger partial charge in [-0.3, -0.25) is 0 Å². The zero-order valence-corrected chi connectivity index (χ0v) is 34.9. The van der Waals surface area contributed by atoms with E-state index in [2.05, 4.69) is 182 Å². The van der Waals surface area contributed by atoms with Gasteiger partial charge in [0, 0.05) is 59.6 Å². The van der Waals surface area contributed by atoms with Crippen LogP contribution in [0.4, 0.5) is 0 Å². The molecule has 65 heavy (non-hydrogen) atoms. The molecule has 0 aliphatic carbocycles. The number of fused-ring (bicyclic) bond motifs is 12. The van der Waals surface area contributed by atoms with E-state index in [9.17, 15) is 0 Å². The molecule has 4 nitrogen and oxygen atoms in total. The van der Waals surface area contributed by atoms with Gasteiger partial charge in [0.25, 0.3) is 0 Å². The summed E-state index contributed by atoms with van der Waals surface area (Å²) < 4.78 is 19.5. The van der Waals surface area contributed by atoms with Crippen molar-refractivity contribution in [2.24, 2.45) is 0 Å². The minimum Gasteiger partial charge on any atom is -0.456 e. The molecule has 14 rings (SSSR count). The largest absolute Gasteiger partial charge is 0.456 e. The fourth-order valence-corrected chi connectivity index (χ4v) is 10.4. The standard InChI is InChI=1S/C61H35NO3/c1-2-14-38(15-3-1)61-48-35-55-60(47-19-7-11-25-52(47)65-55)56(59(48)44-16-4-8-22-49(44)62-61)37-30-28-36(29-31-37)39-32-40(42-20-12-26-53-57(42)45-17-5-9-23-50(45)63-53)34-41(33-39)43-21-13-27-54-58(43)46-18-6-10-24-51(46)64-54/h1-35H. The van der Waals surface area contributed by atoms with Crippen LogP contribution in [0.25, 0.3) is 143 Å². The third-order valence-electron chi connectivity index (χ3n) is 13.2. The summed E-state index contributed by atoms with van der Waals surface area (Å²) in [4.78, 5) is 5.30. The molecule has 4 aromatic heterocycles. The molecule has 0 bridgehead atoms. The molecule has 0 radical (unpaired) electrons. The topological polar surface area (TPSA) is 52.3 Å². The Morgan fingerprint density at radius 2 is 0.738 bits per heavy atom. The molecule has 14 aromatic rings. The molecule has 0 atom stereocenters. The lowest BCUT2D eigenvalue weighted by Crippen LogP contribution is -1.93. The van der Waals surface area contributed by atoms with Crippen molar-refractivity contribution in [2.45, 2.75) is 0 Å². The maximum absolute atomic E-state index is 6.69. The Kier molecular flexibility index (Phi) is 7.65. The first-order valence-corrected chi connectivity index (χ1v) is 22.0. The fraction of sp³-hybridized carbons (Fsp3) is 0. The van der Waals surface area contributed by atoms with Crippen LogP contribution < -0.4 is 0 Å². The van der Waals surface area contributed by atoms with Crippen molar-refractivity contribution in [1.82, 2.24) is 4.98 Å². The van der Waals surface area contributed by atoms with Gasteiger partial charge in [-0.25, -0.2) is 4.98 Å². The van der Waals surface area contributed by atoms with Crippen molar-refractivity contribution in [3.05, 3.63) is 212 Å². The molecular weight excluding hydrogens is 795 g/mol. The van der Waals surface area contributed by atoms with Crippen LogP contribution in [-0.4, -0.2) is 4.98 Å². The summed E-state index contributed by atoms with van der Waals surface area (Å²) in [5, 5.41) is 9.92. The van der Waals surface area contributed by atoms with E-state index in [1.165, 1.54) is 0 Å². The van der Waals surface area contributed by atoms with Gasteiger partial charge in [-0.15, -0.1) is 0 Å². The summed E-state index contributed by atoms with van der Waals surface area (Å²) in [6.45, 7) is 0. The maximum atomic E-state index is 6.69. The second-order valence-electron chi connectivity index (χ2n) is 16.9. The first-order chi connectivity index (χ1) is 32.2. The quantitative estimate of drug-likeness (QED) is 0.162. The number of hydrogen-bond donors (Lipinski definition) is 0. The van der Waals surface area contributed by atoms with Crippen molar-refractivity contribution in [3.63, 3.8) is 0 Å². The molecule has 0 N–H and O–H groups in total. The molecule has 4 heteroatoms. The normalized spacial score (nSPS) is 12.0. The highest BCUT2D eigenvalue weighted by atomic mass is 16.3. The van der Waals surface area contributed by atoms with Crippen LogP contribution in [0.1, 0.15) is 0 Å². The van der Waals surface area contributed by atoms with Gasteiger partial charge in [-0.05, 0) is 99.6 Å². The summed E-state index contributed by atoms with van der Waals surface area (Å²) in [6.07, 6.45) is 0. The predicted octanol–water partition coefficient (Wildman–Crippen LogP) is 17.4.